The van der Waals surface area contributed by atoms with Crippen LogP contribution in [-0.4, -0.2) is 17.6 Å². The number of esters is 1. The third kappa shape index (κ3) is 2.80. The van der Waals surface area contributed by atoms with E-state index in [-0.39, 0.29) is 17.5 Å². The van der Waals surface area contributed by atoms with Crippen LogP contribution in [-0.2, 0) is 16.0 Å². The Morgan fingerprint density at radius 3 is 3.15 bits per heavy atom. The van der Waals surface area contributed by atoms with E-state index in [2.05, 4.69) is 9.96 Å². The van der Waals surface area contributed by atoms with Crippen LogP contribution in [0.4, 0.5) is 5.13 Å². The van der Waals surface area contributed by atoms with Gasteiger partial charge >= 0.3 is 11.1 Å². The fourth-order valence-electron chi connectivity index (χ4n) is 0.783. The predicted molar refractivity (Wildman–Crippen MR) is 47.2 cm³/mol. The van der Waals surface area contributed by atoms with Crippen molar-refractivity contribution >= 4 is 22.4 Å². The summed E-state index contributed by atoms with van der Waals surface area (Å²) in [6.45, 7) is 2.10. The molecule has 0 aliphatic rings. The summed E-state index contributed by atoms with van der Waals surface area (Å²) in [5, 5.41) is 10.3. The highest BCUT2D eigenvalue weighted by Crippen LogP contribution is 2.18. The second-order valence-electron chi connectivity index (χ2n) is 2.20. The van der Waals surface area contributed by atoms with Gasteiger partial charge in [0.2, 0.25) is 0 Å². The molecule has 0 N–H and O–H groups in total. The molecule has 1 rings (SSSR count). The van der Waals surface area contributed by atoms with Crippen molar-refractivity contribution in [1.29, 1.82) is 5.39 Å². The molecule has 6 heteroatoms. The maximum Gasteiger partial charge on any atom is 0.523 e. The van der Waals surface area contributed by atoms with E-state index >= 15 is 0 Å². The topological polar surface area (TPSA) is 67.3 Å². The van der Waals surface area contributed by atoms with E-state index in [9.17, 15) is 4.79 Å². The number of hydrogen-bond acceptors (Lipinski definition) is 5. The Hall–Kier alpha value is -1.48. The minimum absolute atomic E-state index is 0.125. The van der Waals surface area contributed by atoms with Gasteiger partial charge in [0, 0.05) is 10.4 Å². The molecule has 0 fully saturated rings. The summed E-state index contributed by atoms with van der Waals surface area (Å²) in [7, 11) is 0. The van der Waals surface area contributed by atoms with Crippen molar-refractivity contribution in [3.63, 3.8) is 0 Å². The van der Waals surface area contributed by atoms with Gasteiger partial charge in [0.15, 0.2) is 5.69 Å². The molecule has 0 bridgehead atoms. The quantitative estimate of drug-likeness (QED) is 0.548. The van der Waals surface area contributed by atoms with Gasteiger partial charge in [0.1, 0.15) is 6.42 Å². The van der Waals surface area contributed by atoms with Crippen molar-refractivity contribution in [2.75, 3.05) is 6.61 Å². The fraction of sp³-hybridized carbons (Fsp3) is 0.429. The molecule has 13 heavy (non-hydrogen) atoms. The first-order valence-corrected chi connectivity index (χ1v) is 4.59. The molecule has 0 spiro atoms. The van der Waals surface area contributed by atoms with Gasteiger partial charge in [-0.2, -0.15) is 0 Å². The van der Waals surface area contributed by atoms with Gasteiger partial charge in [-0.25, -0.2) is 0 Å². The second kappa shape index (κ2) is 4.52. The summed E-state index contributed by atoms with van der Waals surface area (Å²) in [4.78, 5) is 17.7. The van der Waals surface area contributed by atoms with E-state index in [0.29, 0.717) is 12.3 Å². The molecular weight excluding hydrogens is 190 g/mol. The Labute approximate surface area is 79.0 Å². The fourth-order valence-corrected chi connectivity index (χ4v) is 1.38. The SMILES string of the molecule is CCOC(=O)Cc1csc([N+]#N)n1. The number of carbonyl (C=O) groups excluding carboxylic acids is 1. The van der Waals surface area contributed by atoms with Crippen LogP contribution in [0.5, 0.6) is 0 Å². The van der Waals surface area contributed by atoms with Crippen LogP contribution in [0.25, 0.3) is 4.98 Å². The molecule has 1 heterocycles. The van der Waals surface area contributed by atoms with Crippen molar-refractivity contribution in [2.45, 2.75) is 13.3 Å². The van der Waals surface area contributed by atoms with Gasteiger partial charge in [-0.05, 0) is 23.2 Å². The van der Waals surface area contributed by atoms with Gasteiger partial charge in [-0.1, -0.05) is 0 Å². The third-order valence-corrected chi connectivity index (χ3v) is 2.03. The predicted octanol–water partition coefficient (Wildman–Crippen LogP) is 1.73. The lowest BCUT2D eigenvalue weighted by atomic mass is 10.3. The maximum absolute atomic E-state index is 11.0. The number of carbonyl (C=O) groups is 1. The van der Waals surface area contributed by atoms with Crippen LogP contribution in [0, 0.1) is 5.39 Å². The third-order valence-electron chi connectivity index (χ3n) is 1.26. The van der Waals surface area contributed by atoms with E-state index in [1.807, 2.05) is 0 Å². The molecule has 0 aliphatic carbocycles. The zero-order chi connectivity index (χ0) is 9.68. The number of diazo groups is 1. The van der Waals surface area contributed by atoms with Crippen LogP contribution in [0.3, 0.4) is 0 Å². The van der Waals surface area contributed by atoms with E-state index in [0.717, 1.165) is 0 Å². The summed E-state index contributed by atoms with van der Waals surface area (Å²) in [6, 6.07) is 0. The molecule has 0 aromatic carbocycles. The van der Waals surface area contributed by atoms with E-state index < -0.39 is 0 Å². The summed E-state index contributed by atoms with van der Waals surface area (Å²) in [5.41, 5.74) is 0.566. The minimum Gasteiger partial charge on any atom is -0.466 e. The Morgan fingerprint density at radius 1 is 1.85 bits per heavy atom. The van der Waals surface area contributed by atoms with Crippen LogP contribution in [0.1, 0.15) is 12.6 Å². The summed E-state index contributed by atoms with van der Waals surface area (Å²) >= 11 is 1.17. The molecule has 68 valence electrons. The normalized spacial score (nSPS) is 9.23. The molecule has 0 amide bonds. The smallest absolute Gasteiger partial charge is 0.466 e. The van der Waals surface area contributed by atoms with E-state index in [1.54, 1.807) is 12.3 Å². The first kappa shape index (κ1) is 9.61. The molecule has 0 aliphatic heterocycles. The highest BCUT2D eigenvalue weighted by molar-refractivity contribution is 7.13. The summed E-state index contributed by atoms with van der Waals surface area (Å²) in [6.07, 6.45) is 0.125. The molecule has 0 unspecified atom stereocenters. The Balaban J connectivity index is 2.55. The average Bonchev–Trinajstić information content (AvgIpc) is 2.52. The molecule has 0 atom stereocenters. The van der Waals surface area contributed by atoms with Crippen LogP contribution >= 0.6 is 11.3 Å². The largest absolute Gasteiger partial charge is 0.523 e. The highest BCUT2D eigenvalue weighted by atomic mass is 32.1. The summed E-state index contributed by atoms with van der Waals surface area (Å²) in [5.74, 6) is -0.322. The Morgan fingerprint density at radius 2 is 2.62 bits per heavy atom. The van der Waals surface area contributed by atoms with Gasteiger partial charge in [0.05, 0.1) is 12.0 Å². The van der Waals surface area contributed by atoms with Gasteiger partial charge < -0.3 is 4.74 Å². The molecule has 0 saturated carbocycles. The Bertz CT molecular complexity index is 342. The Kier molecular flexibility index (Phi) is 3.34. The molecular formula is C7H8N3O2S+. The van der Waals surface area contributed by atoms with Crippen molar-refractivity contribution in [1.82, 2.24) is 4.98 Å². The van der Waals surface area contributed by atoms with Crippen LogP contribution < -0.4 is 0 Å². The molecule has 0 saturated heterocycles. The molecule has 5 nitrogen and oxygen atoms in total. The lowest BCUT2D eigenvalue weighted by Crippen LogP contribution is -2.07. The van der Waals surface area contributed by atoms with Crippen LogP contribution in [0.15, 0.2) is 5.38 Å². The second-order valence-corrected chi connectivity index (χ2v) is 3.04. The standard InChI is InChI=1S/C7H8N3O2S/c1-2-12-6(11)3-5-4-13-7(9-5)10-8/h4H,2-3H2,1H3/q+1. The number of nitrogens with zero attached hydrogens (tertiary/aromatic N) is 3. The maximum atomic E-state index is 11.0. The number of rotatable bonds is 3. The lowest BCUT2D eigenvalue weighted by Gasteiger charge is -1.95. The zero-order valence-electron chi connectivity index (χ0n) is 7.06. The minimum atomic E-state index is -0.322. The molecule has 1 aromatic rings. The average molecular weight is 198 g/mol. The molecule has 1 aromatic heterocycles. The molecule has 0 radical (unpaired) electrons. The highest BCUT2D eigenvalue weighted by Gasteiger charge is 2.16. The van der Waals surface area contributed by atoms with Crippen LogP contribution in [0.2, 0.25) is 0 Å². The van der Waals surface area contributed by atoms with Gasteiger partial charge in [-0.15, -0.1) is 0 Å². The van der Waals surface area contributed by atoms with Crippen molar-refractivity contribution in [3.05, 3.63) is 16.0 Å². The summed E-state index contributed by atoms with van der Waals surface area (Å²) < 4.78 is 4.72. The van der Waals surface area contributed by atoms with E-state index in [4.69, 9.17) is 10.1 Å². The van der Waals surface area contributed by atoms with Crippen molar-refractivity contribution in [2.24, 2.45) is 0 Å². The van der Waals surface area contributed by atoms with Crippen molar-refractivity contribution < 1.29 is 9.53 Å². The lowest BCUT2D eigenvalue weighted by molar-refractivity contribution is -0.142. The number of thiazole rings is 1. The van der Waals surface area contributed by atoms with Crippen molar-refractivity contribution in [3.8, 4) is 0 Å². The zero-order valence-corrected chi connectivity index (χ0v) is 7.87. The van der Waals surface area contributed by atoms with Gasteiger partial charge in [0.25, 0.3) is 0 Å². The monoisotopic (exact) mass is 198 g/mol. The number of hydrogen-bond donors (Lipinski definition) is 0. The number of aromatic nitrogens is 1. The van der Waals surface area contributed by atoms with Gasteiger partial charge in [-0.3, -0.25) is 4.79 Å². The number of ether oxygens (including phenoxy) is 1. The first-order valence-electron chi connectivity index (χ1n) is 3.71. The first-order chi connectivity index (χ1) is 6.26. The van der Waals surface area contributed by atoms with E-state index in [1.165, 1.54) is 11.3 Å².